The van der Waals surface area contributed by atoms with Crippen LogP contribution >= 0.6 is 0 Å². The summed E-state index contributed by atoms with van der Waals surface area (Å²) in [6, 6.07) is 0.267. The quantitative estimate of drug-likeness (QED) is 0.479. The van der Waals surface area contributed by atoms with Crippen LogP contribution in [-0.2, 0) is 14.4 Å². The zero-order valence-corrected chi connectivity index (χ0v) is 21.1. The molecule has 3 atom stereocenters. The van der Waals surface area contributed by atoms with E-state index in [4.69, 9.17) is 5.73 Å². The number of aryl methyl sites for hydroxylation is 1. The summed E-state index contributed by atoms with van der Waals surface area (Å²) < 4.78 is 1.62. The van der Waals surface area contributed by atoms with E-state index in [0.29, 0.717) is 30.9 Å². The standard InChI is InChI=1S/C25H38N6O3/c1-8-10-12-19(9-2)31-20(15-17(5)29-31)27-24(34)25(7)13-11-14-30(25)23(33)21(16(3)4)28-22(32)18(6)26/h8-10,12,15-16,18,21H,2,11,13-14,26H2,1,3-7H3,(H,27,34)(H,28,32)/b10-8-,19-12+/t18-,21-,25-/m0/s1. The largest absolute Gasteiger partial charge is 0.343 e. The van der Waals surface area contributed by atoms with Crippen molar-refractivity contribution in [1.82, 2.24) is 20.0 Å². The second-order valence-corrected chi connectivity index (χ2v) is 9.24. The molecule has 0 saturated carbocycles. The van der Waals surface area contributed by atoms with Crippen LogP contribution in [0.2, 0.25) is 0 Å². The van der Waals surface area contributed by atoms with Crippen molar-refractivity contribution in [2.75, 3.05) is 11.9 Å². The van der Waals surface area contributed by atoms with Gasteiger partial charge in [0.25, 0.3) is 5.91 Å². The Kier molecular flexibility index (Phi) is 8.98. The molecule has 1 fully saturated rings. The van der Waals surface area contributed by atoms with Crippen LogP contribution in [0.5, 0.6) is 0 Å². The minimum Gasteiger partial charge on any atom is -0.343 e. The number of amides is 3. The predicted molar refractivity (Wildman–Crippen MR) is 135 cm³/mol. The Hall–Kier alpha value is -3.20. The number of hydrogen-bond acceptors (Lipinski definition) is 5. The Morgan fingerprint density at radius 3 is 2.53 bits per heavy atom. The van der Waals surface area contributed by atoms with Gasteiger partial charge in [0.15, 0.2) is 0 Å². The normalized spacial score (nSPS) is 20.5. The summed E-state index contributed by atoms with van der Waals surface area (Å²) in [5, 5.41) is 10.2. The van der Waals surface area contributed by atoms with E-state index in [1.807, 2.05) is 45.9 Å². The van der Waals surface area contributed by atoms with E-state index in [1.54, 1.807) is 35.6 Å². The number of hydrogen-bond donors (Lipinski definition) is 3. The summed E-state index contributed by atoms with van der Waals surface area (Å²) in [6.07, 6.45) is 8.43. The maximum Gasteiger partial charge on any atom is 0.251 e. The van der Waals surface area contributed by atoms with E-state index in [2.05, 4.69) is 22.3 Å². The van der Waals surface area contributed by atoms with Crippen LogP contribution in [0, 0.1) is 12.8 Å². The van der Waals surface area contributed by atoms with Crippen LogP contribution < -0.4 is 16.4 Å². The predicted octanol–water partition coefficient (Wildman–Crippen LogP) is 2.60. The first-order valence-corrected chi connectivity index (χ1v) is 11.7. The second-order valence-electron chi connectivity index (χ2n) is 9.24. The molecular weight excluding hydrogens is 432 g/mol. The number of carbonyl (C=O) groups excluding carboxylic acids is 3. The van der Waals surface area contributed by atoms with E-state index in [9.17, 15) is 14.4 Å². The van der Waals surface area contributed by atoms with Crippen LogP contribution in [0.4, 0.5) is 5.82 Å². The minimum absolute atomic E-state index is 0.168. The SMILES string of the molecule is C=C/C(=C\C=C/C)n1nc(C)cc1NC(=O)[C@]1(C)CCCN1C(=O)[C@@H](NC(=O)[C@H](C)N)C(C)C. The van der Waals surface area contributed by atoms with Crippen molar-refractivity contribution < 1.29 is 14.4 Å². The molecule has 4 N–H and O–H groups in total. The van der Waals surface area contributed by atoms with Crippen LogP contribution in [0.1, 0.15) is 53.2 Å². The first-order chi connectivity index (χ1) is 16.0. The van der Waals surface area contributed by atoms with Crippen LogP contribution in [0.3, 0.4) is 0 Å². The smallest absolute Gasteiger partial charge is 0.251 e. The number of nitrogens with one attached hydrogen (secondary N) is 2. The van der Waals surface area contributed by atoms with Gasteiger partial charge >= 0.3 is 0 Å². The summed E-state index contributed by atoms with van der Waals surface area (Å²) in [4.78, 5) is 40.8. The number of likely N-dealkylation sites (tertiary alicyclic amines) is 1. The van der Waals surface area contributed by atoms with Gasteiger partial charge in [0.2, 0.25) is 11.8 Å². The summed E-state index contributed by atoms with van der Waals surface area (Å²) in [5.74, 6) is -0.677. The Balaban J connectivity index is 2.33. The second kappa shape index (κ2) is 11.3. The molecule has 2 rings (SSSR count). The molecule has 0 aliphatic carbocycles. The van der Waals surface area contributed by atoms with Crippen molar-refractivity contribution in [2.45, 2.75) is 72.0 Å². The van der Waals surface area contributed by atoms with Gasteiger partial charge in [-0.1, -0.05) is 32.6 Å². The molecule has 0 unspecified atom stereocenters. The molecule has 1 aliphatic rings. The molecule has 0 aromatic carbocycles. The van der Waals surface area contributed by atoms with Gasteiger partial charge in [-0.15, -0.1) is 0 Å². The third kappa shape index (κ3) is 5.83. The van der Waals surface area contributed by atoms with Crippen LogP contribution in [0.15, 0.2) is 36.9 Å². The molecule has 9 heteroatoms. The van der Waals surface area contributed by atoms with E-state index in [-0.39, 0.29) is 17.7 Å². The Bertz CT molecular complexity index is 991. The fraction of sp³-hybridized carbons (Fsp3) is 0.520. The highest BCUT2D eigenvalue weighted by Gasteiger charge is 2.48. The van der Waals surface area contributed by atoms with Gasteiger partial charge in [0.05, 0.1) is 17.4 Å². The van der Waals surface area contributed by atoms with E-state index in [0.717, 1.165) is 5.69 Å². The molecule has 1 aromatic heterocycles. The molecule has 1 aromatic rings. The first-order valence-electron chi connectivity index (χ1n) is 11.7. The Morgan fingerprint density at radius 2 is 1.97 bits per heavy atom. The monoisotopic (exact) mass is 470 g/mol. The third-order valence-electron chi connectivity index (χ3n) is 6.03. The summed E-state index contributed by atoms with van der Waals surface area (Å²) in [5.41, 5.74) is 6.03. The molecule has 2 heterocycles. The zero-order valence-electron chi connectivity index (χ0n) is 21.1. The lowest BCUT2D eigenvalue weighted by Gasteiger charge is -2.37. The van der Waals surface area contributed by atoms with Gasteiger partial charge in [-0.25, -0.2) is 4.68 Å². The highest BCUT2D eigenvalue weighted by atomic mass is 16.2. The maximum atomic E-state index is 13.5. The molecule has 0 spiro atoms. The zero-order chi connectivity index (χ0) is 25.6. The summed E-state index contributed by atoms with van der Waals surface area (Å²) in [6.45, 7) is 15.1. The molecule has 1 saturated heterocycles. The fourth-order valence-electron chi connectivity index (χ4n) is 3.97. The number of anilines is 1. The van der Waals surface area contributed by atoms with Gasteiger partial charge in [0.1, 0.15) is 17.4 Å². The maximum absolute atomic E-state index is 13.5. The molecule has 0 bridgehead atoms. The molecule has 186 valence electrons. The van der Waals surface area contributed by atoms with E-state index >= 15 is 0 Å². The number of rotatable bonds is 9. The lowest BCUT2D eigenvalue weighted by molar-refractivity contribution is -0.145. The highest BCUT2D eigenvalue weighted by Crippen LogP contribution is 2.32. The Morgan fingerprint density at radius 1 is 1.29 bits per heavy atom. The summed E-state index contributed by atoms with van der Waals surface area (Å²) >= 11 is 0. The van der Waals surface area contributed by atoms with Crippen molar-refractivity contribution in [2.24, 2.45) is 11.7 Å². The summed E-state index contributed by atoms with van der Waals surface area (Å²) in [7, 11) is 0. The third-order valence-corrected chi connectivity index (χ3v) is 6.03. The number of aromatic nitrogens is 2. The molecule has 0 radical (unpaired) electrons. The van der Waals surface area contributed by atoms with Gasteiger partial charge < -0.3 is 21.3 Å². The molecule has 1 aliphatic heterocycles. The average Bonchev–Trinajstić information content (AvgIpc) is 3.34. The van der Waals surface area contributed by atoms with Gasteiger partial charge in [-0.3, -0.25) is 14.4 Å². The molecule has 9 nitrogen and oxygen atoms in total. The van der Waals surface area contributed by atoms with Crippen LogP contribution in [0.25, 0.3) is 5.70 Å². The minimum atomic E-state index is -1.08. The van der Waals surface area contributed by atoms with Crippen molar-refractivity contribution in [1.29, 1.82) is 0 Å². The van der Waals surface area contributed by atoms with E-state index < -0.39 is 23.5 Å². The highest BCUT2D eigenvalue weighted by molar-refractivity contribution is 6.01. The van der Waals surface area contributed by atoms with Crippen molar-refractivity contribution in [3.63, 3.8) is 0 Å². The number of nitrogens with two attached hydrogens (primary N) is 1. The van der Waals surface area contributed by atoms with Crippen molar-refractivity contribution in [3.05, 3.63) is 42.6 Å². The topological polar surface area (TPSA) is 122 Å². The molecule has 3 amide bonds. The number of nitrogens with zero attached hydrogens (tertiary/aromatic N) is 3. The average molecular weight is 471 g/mol. The molecular formula is C25H38N6O3. The lowest BCUT2D eigenvalue weighted by Crippen LogP contribution is -2.60. The Labute approximate surface area is 202 Å². The first kappa shape index (κ1) is 27.0. The van der Waals surface area contributed by atoms with Crippen LogP contribution in [-0.4, -0.2) is 56.6 Å². The fourth-order valence-corrected chi connectivity index (χ4v) is 3.97. The van der Waals surface area contributed by atoms with Gasteiger partial charge in [-0.2, -0.15) is 5.10 Å². The van der Waals surface area contributed by atoms with Gasteiger partial charge in [-0.05, 0) is 58.6 Å². The van der Waals surface area contributed by atoms with Crippen molar-refractivity contribution >= 4 is 29.2 Å². The number of carbonyl (C=O) groups is 3. The van der Waals surface area contributed by atoms with Crippen molar-refractivity contribution in [3.8, 4) is 0 Å². The molecule has 34 heavy (non-hydrogen) atoms. The number of allylic oxidation sites excluding steroid dienone is 5. The van der Waals surface area contributed by atoms with Gasteiger partial charge in [0, 0.05) is 12.6 Å². The van der Waals surface area contributed by atoms with E-state index in [1.165, 1.54) is 0 Å². The lowest BCUT2D eigenvalue weighted by atomic mass is 9.95.